The third-order valence-electron chi connectivity index (χ3n) is 3.12. The number of benzene rings is 1. The highest BCUT2D eigenvalue weighted by Gasteiger charge is 2.12. The summed E-state index contributed by atoms with van der Waals surface area (Å²) in [6.45, 7) is 6.12. The Balaban J connectivity index is 2.64. The van der Waals surface area contributed by atoms with Gasteiger partial charge in [-0.05, 0) is 36.6 Å². The van der Waals surface area contributed by atoms with E-state index in [1.165, 1.54) is 5.56 Å². The summed E-state index contributed by atoms with van der Waals surface area (Å²) < 4.78 is 5.40. The molecule has 20 heavy (non-hydrogen) atoms. The molecule has 0 unspecified atom stereocenters. The molecule has 1 aromatic carbocycles. The highest BCUT2D eigenvalue weighted by Crippen LogP contribution is 2.32. The minimum Gasteiger partial charge on any atom is -0.496 e. The van der Waals surface area contributed by atoms with Gasteiger partial charge in [-0.3, -0.25) is 0 Å². The average Bonchev–Trinajstić information content (AvgIpc) is 2.45. The second-order valence-electron chi connectivity index (χ2n) is 4.94. The normalized spacial score (nSPS) is 10.4. The molecular formula is C16H17N3O. The lowest BCUT2D eigenvalue weighted by Gasteiger charge is -2.12. The highest BCUT2D eigenvalue weighted by molar-refractivity contribution is 5.68. The van der Waals surface area contributed by atoms with Gasteiger partial charge in [0.2, 0.25) is 5.82 Å². The molecule has 0 fully saturated rings. The van der Waals surface area contributed by atoms with E-state index in [1.807, 2.05) is 31.2 Å². The first-order valence-electron chi connectivity index (χ1n) is 6.49. The Hall–Kier alpha value is -2.41. The van der Waals surface area contributed by atoms with Gasteiger partial charge in [-0.2, -0.15) is 5.26 Å². The van der Waals surface area contributed by atoms with Gasteiger partial charge in [0.05, 0.1) is 12.8 Å². The Morgan fingerprint density at radius 2 is 1.95 bits per heavy atom. The topological polar surface area (TPSA) is 58.8 Å². The number of nitrogens with zero attached hydrogens (tertiary/aromatic N) is 3. The zero-order valence-corrected chi connectivity index (χ0v) is 12.1. The van der Waals surface area contributed by atoms with Crippen LogP contribution < -0.4 is 4.74 Å². The summed E-state index contributed by atoms with van der Waals surface area (Å²) in [6.07, 6.45) is 0. The van der Waals surface area contributed by atoms with Gasteiger partial charge >= 0.3 is 0 Å². The van der Waals surface area contributed by atoms with E-state index < -0.39 is 0 Å². The van der Waals surface area contributed by atoms with Gasteiger partial charge in [0.25, 0.3) is 0 Å². The highest BCUT2D eigenvalue weighted by atomic mass is 16.5. The van der Waals surface area contributed by atoms with Crippen LogP contribution in [-0.2, 0) is 0 Å². The maximum Gasteiger partial charge on any atom is 0.232 e. The molecule has 0 bridgehead atoms. The van der Waals surface area contributed by atoms with Crippen molar-refractivity contribution in [2.24, 2.45) is 0 Å². The van der Waals surface area contributed by atoms with Crippen LogP contribution in [0.2, 0.25) is 0 Å². The van der Waals surface area contributed by atoms with Gasteiger partial charge in [0.15, 0.2) is 0 Å². The Labute approximate surface area is 119 Å². The first-order valence-corrected chi connectivity index (χ1v) is 6.49. The van der Waals surface area contributed by atoms with Gasteiger partial charge in [0, 0.05) is 11.3 Å². The van der Waals surface area contributed by atoms with Crippen LogP contribution >= 0.6 is 0 Å². The number of hydrogen-bond donors (Lipinski definition) is 0. The zero-order chi connectivity index (χ0) is 14.7. The minimum atomic E-state index is 0.178. The summed E-state index contributed by atoms with van der Waals surface area (Å²) in [5.41, 5.74) is 3.58. The first-order chi connectivity index (χ1) is 9.55. The lowest BCUT2D eigenvalue weighted by Crippen LogP contribution is -1.98. The van der Waals surface area contributed by atoms with Crippen LogP contribution in [0, 0.1) is 18.3 Å². The van der Waals surface area contributed by atoms with Crippen molar-refractivity contribution in [3.05, 3.63) is 41.3 Å². The van der Waals surface area contributed by atoms with E-state index in [0.717, 1.165) is 17.0 Å². The Kier molecular flexibility index (Phi) is 3.99. The standard InChI is InChI=1S/C16H17N3O/c1-10(2)12-5-6-15(20-4)13(8-12)14-7-11(3)18-16(9-17)19-14/h5-8,10H,1-4H3. The summed E-state index contributed by atoms with van der Waals surface area (Å²) in [5, 5.41) is 9.00. The molecule has 0 aliphatic rings. The summed E-state index contributed by atoms with van der Waals surface area (Å²) in [7, 11) is 1.63. The van der Waals surface area contributed by atoms with Crippen molar-refractivity contribution in [2.75, 3.05) is 7.11 Å². The second-order valence-corrected chi connectivity index (χ2v) is 4.94. The maximum atomic E-state index is 9.00. The quantitative estimate of drug-likeness (QED) is 0.854. The van der Waals surface area contributed by atoms with E-state index >= 15 is 0 Å². The number of methoxy groups -OCH3 is 1. The van der Waals surface area contributed by atoms with Crippen LogP contribution in [0.5, 0.6) is 5.75 Å². The van der Waals surface area contributed by atoms with E-state index in [4.69, 9.17) is 10.00 Å². The molecule has 0 aliphatic carbocycles. The lowest BCUT2D eigenvalue weighted by molar-refractivity contribution is 0.416. The maximum absolute atomic E-state index is 9.00. The molecule has 0 spiro atoms. The fourth-order valence-electron chi connectivity index (χ4n) is 2.04. The molecular weight excluding hydrogens is 250 g/mol. The Morgan fingerprint density at radius 3 is 2.55 bits per heavy atom. The van der Waals surface area contributed by atoms with E-state index in [-0.39, 0.29) is 5.82 Å². The van der Waals surface area contributed by atoms with E-state index in [0.29, 0.717) is 11.6 Å². The summed E-state index contributed by atoms with van der Waals surface area (Å²) >= 11 is 0. The van der Waals surface area contributed by atoms with Gasteiger partial charge < -0.3 is 4.74 Å². The largest absolute Gasteiger partial charge is 0.496 e. The molecule has 4 heteroatoms. The number of ether oxygens (including phenoxy) is 1. The molecule has 1 aromatic heterocycles. The summed E-state index contributed by atoms with van der Waals surface area (Å²) in [4.78, 5) is 8.36. The minimum absolute atomic E-state index is 0.178. The van der Waals surface area contributed by atoms with Crippen molar-refractivity contribution < 1.29 is 4.74 Å². The number of hydrogen-bond acceptors (Lipinski definition) is 4. The SMILES string of the molecule is COc1ccc(C(C)C)cc1-c1cc(C)nc(C#N)n1. The van der Waals surface area contributed by atoms with E-state index in [2.05, 4.69) is 29.9 Å². The molecule has 4 nitrogen and oxygen atoms in total. The smallest absolute Gasteiger partial charge is 0.232 e. The van der Waals surface area contributed by atoms with Crippen LogP contribution in [0.3, 0.4) is 0 Å². The monoisotopic (exact) mass is 267 g/mol. The van der Waals surface area contributed by atoms with Crippen molar-refractivity contribution in [3.63, 3.8) is 0 Å². The Bertz CT molecular complexity index is 672. The molecule has 1 heterocycles. The van der Waals surface area contributed by atoms with Crippen molar-refractivity contribution in [1.82, 2.24) is 9.97 Å². The fraction of sp³-hybridized carbons (Fsp3) is 0.312. The fourth-order valence-corrected chi connectivity index (χ4v) is 2.04. The number of aromatic nitrogens is 2. The van der Waals surface area contributed by atoms with Crippen molar-refractivity contribution in [1.29, 1.82) is 5.26 Å². The Morgan fingerprint density at radius 1 is 1.20 bits per heavy atom. The third-order valence-corrected chi connectivity index (χ3v) is 3.12. The van der Waals surface area contributed by atoms with Crippen LogP contribution in [0.25, 0.3) is 11.3 Å². The molecule has 102 valence electrons. The van der Waals surface area contributed by atoms with Crippen LogP contribution in [0.1, 0.15) is 36.8 Å². The molecule has 0 saturated heterocycles. The average molecular weight is 267 g/mol. The van der Waals surface area contributed by atoms with Crippen molar-refractivity contribution in [3.8, 4) is 23.1 Å². The molecule has 2 aromatic rings. The van der Waals surface area contributed by atoms with Gasteiger partial charge in [-0.1, -0.05) is 19.9 Å². The number of nitriles is 1. The van der Waals surface area contributed by atoms with Crippen LogP contribution in [0.4, 0.5) is 0 Å². The molecule has 0 aliphatic heterocycles. The van der Waals surface area contributed by atoms with Crippen LogP contribution in [-0.4, -0.2) is 17.1 Å². The molecule has 0 amide bonds. The predicted octanol–water partition coefficient (Wildman–Crippen LogP) is 3.46. The third kappa shape index (κ3) is 2.77. The number of rotatable bonds is 3. The molecule has 0 radical (unpaired) electrons. The number of aryl methyl sites for hydroxylation is 1. The summed E-state index contributed by atoms with van der Waals surface area (Å²) in [6, 6.07) is 9.90. The lowest BCUT2D eigenvalue weighted by atomic mass is 9.98. The van der Waals surface area contributed by atoms with Crippen LogP contribution in [0.15, 0.2) is 24.3 Å². The molecule has 0 N–H and O–H groups in total. The van der Waals surface area contributed by atoms with Gasteiger partial charge in [0.1, 0.15) is 11.8 Å². The molecule has 2 rings (SSSR count). The van der Waals surface area contributed by atoms with Gasteiger partial charge in [-0.15, -0.1) is 0 Å². The molecule has 0 atom stereocenters. The summed E-state index contributed by atoms with van der Waals surface area (Å²) in [5.74, 6) is 1.34. The first kappa shape index (κ1) is 14.0. The second kappa shape index (κ2) is 5.70. The van der Waals surface area contributed by atoms with Gasteiger partial charge in [-0.25, -0.2) is 9.97 Å². The predicted molar refractivity (Wildman–Crippen MR) is 77.6 cm³/mol. The van der Waals surface area contributed by atoms with Crippen molar-refractivity contribution in [2.45, 2.75) is 26.7 Å². The van der Waals surface area contributed by atoms with Crippen molar-refractivity contribution >= 4 is 0 Å². The van der Waals surface area contributed by atoms with E-state index in [9.17, 15) is 0 Å². The van der Waals surface area contributed by atoms with E-state index in [1.54, 1.807) is 7.11 Å². The zero-order valence-electron chi connectivity index (χ0n) is 12.1. The molecule has 0 saturated carbocycles.